The minimum absolute atomic E-state index is 0.0764. The molecule has 1 saturated heterocycles. The van der Waals surface area contributed by atoms with E-state index in [0.717, 1.165) is 30.4 Å². The minimum atomic E-state index is -0.718. The first-order chi connectivity index (χ1) is 24.3. The number of rotatable bonds is 14. The fraction of sp³-hybridized carbons (Fsp3) is 0.333. The normalized spacial score (nSPS) is 14.6. The molecule has 0 bridgehead atoms. The molecular weight excluding hydrogens is 632 g/mol. The minimum Gasteiger partial charge on any atom is -0.404 e. The molecule has 4 aromatic rings. The van der Waals surface area contributed by atoms with E-state index in [4.69, 9.17) is 20.9 Å². The van der Waals surface area contributed by atoms with E-state index in [0.29, 0.717) is 66.1 Å². The Morgan fingerprint density at radius 1 is 1.10 bits per heavy atom. The predicted octanol–water partition coefficient (Wildman–Crippen LogP) is 5.17. The number of nitrogens with zero attached hydrogens (tertiary/aromatic N) is 3. The lowest BCUT2D eigenvalue weighted by atomic mass is 9.99. The van der Waals surface area contributed by atoms with E-state index in [9.17, 15) is 14.7 Å². The highest BCUT2D eigenvalue weighted by molar-refractivity contribution is 6.10. The van der Waals surface area contributed by atoms with Crippen molar-refractivity contribution in [3.8, 4) is 22.3 Å². The Labute approximate surface area is 292 Å². The van der Waals surface area contributed by atoms with Gasteiger partial charge in [0.15, 0.2) is 0 Å². The number of carbonyl (C=O) groups is 1. The zero-order chi connectivity index (χ0) is 35.5. The second-order valence-electron chi connectivity index (χ2n) is 12.3. The monoisotopic (exact) mass is 678 g/mol. The SMILES string of the molecule is CCOCC(O)CN=CC(=CN)c1cnc(N)c(-c2ccc(NC(=O)c3cn(CC4CCOCC4)cc(-c4ccc(CC)cc4)c3=O)cc2)c1. The van der Waals surface area contributed by atoms with Crippen molar-refractivity contribution in [1.82, 2.24) is 9.55 Å². The van der Waals surface area contributed by atoms with Gasteiger partial charge in [-0.2, -0.15) is 0 Å². The number of nitrogens with one attached hydrogen (secondary N) is 1. The molecule has 2 aromatic heterocycles. The molecule has 0 saturated carbocycles. The van der Waals surface area contributed by atoms with Crippen molar-refractivity contribution in [1.29, 1.82) is 0 Å². The van der Waals surface area contributed by atoms with Crippen LogP contribution in [0.2, 0.25) is 0 Å². The van der Waals surface area contributed by atoms with Gasteiger partial charge in [-0.1, -0.05) is 43.3 Å². The molecule has 6 N–H and O–H groups in total. The summed E-state index contributed by atoms with van der Waals surface area (Å²) in [4.78, 5) is 36.1. The van der Waals surface area contributed by atoms with Crippen molar-refractivity contribution in [2.75, 3.05) is 44.0 Å². The molecule has 1 unspecified atom stereocenters. The highest BCUT2D eigenvalue weighted by atomic mass is 16.5. The fourth-order valence-electron chi connectivity index (χ4n) is 5.84. The summed E-state index contributed by atoms with van der Waals surface area (Å²) in [6, 6.07) is 16.9. The Morgan fingerprint density at radius 2 is 1.80 bits per heavy atom. The van der Waals surface area contributed by atoms with Gasteiger partial charge in [0, 0.05) is 85.3 Å². The average Bonchev–Trinajstić information content (AvgIpc) is 3.14. The first kappa shape index (κ1) is 36.2. The smallest absolute Gasteiger partial charge is 0.261 e. The number of aliphatic imine (C=N–C) groups is 1. The Balaban J connectivity index is 1.36. The maximum Gasteiger partial charge on any atom is 0.261 e. The zero-order valence-corrected chi connectivity index (χ0v) is 28.7. The third-order valence-corrected chi connectivity index (χ3v) is 8.75. The Hall–Kier alpha value is -5.10. The molecule has 3 heterocycles. The number of hydrogen-bond donors (Lipinski definition) is 4. The summed E-state index contributed by atoms with van der Waals surface area (Å²) in [5.74, 6) is 0.231. The maximum absolute atomic E-state index is 13.8. The predicted molar refractivity (Wildman–Crippen MR) is 199 cm³/mol. The molecule has 1 amide bonds. The lowest BCUT2D eigenvalue weighted by Crippen LogP contribution is -2.26. The van der Waals surface area contributed by atoms with Crippen LogP contribution in [0.3, 0.4) is 0 Å². The molecular formula is C39H46N6O5. The van der Waals surface area contributed by atoms with Crippen LogP contribution >= 0.6 is 0 Å². The number of hydrogen-bond acceptors (Lipinski definition) is 9. The highest BCUT2D eigenvalue weighted by Gasteiger charge is 2.20. The number of ether oxygens (including phenoxy) is 2. The van der Waals surface area contributed by atoms with Gasteiger partial charge in [-0.3, -0.25) is 14.6 Å². The van der Waals surface area contributed by atoms with Gasteiger partial charge in [-0.25, -0.2) is 4.98 Å². The lowest BCUT2D eigenvalue weighted by molar-refractivity contribution is 0.0478. The van der Waals surface area contributed by atoms with Crippen LogP contribution in [-0.2, 0) is 22.4 Å². The van der Waals surface area contributed by atoms with Crippen LogP contribution in [0.15, 0.2) is 89.2 Å². The van der Waals surface area contributed by atoms with Crippen LogP contribution in [0, 0.1) is 5.92 Å². The van der Waals surface area contributed by atoms with Crippen LogP contribution in [-0.4, -0.2) is 65.9 Å². The highest BCUT2D eigenvalue weighted by Crippen LogP contribution is 2.29. The average molecular weight is 679 g/mol. The number of aryl methyl sites for hydroxylation is 1. The molecule has 50 heavy (non-hydrogen) atoms. The Kier molecular flexibility index (Phi) is 12.7. The van der Waals surface area contributed by atoms with E-state index in [2.05, 4.69) is 22.2 Å². The largest absolute Gasteiger partial charge is 0.404 e. The van der Waals surface area contributed by atoms with Crippen LogP contribution in [0.5, 0.6) is 0 Å². The standard InChI is InChI=1S/C39H46N6O5/c1-3-26-5-7-29(8-6-26)35-23-45(22-27-13-15-50-16-14-27)24-36(37(35)47)39(48)44-32-11-9-28(10-12-32)34-17-30(20-43-38(34)41)31(18-40)19-42-21-33(46)25-49-4-2/h5-12,17-20,23-24,27,33,46H,3-4,13-16,21-22,25,40H2,1-2H3,(H2,41,43)(H,44,48). The number of nitrogens with two attached hydrogens (primary N) is 2. The summed E-state index contributed by atoms with van der Waals surface area (Å²) in [6.07, 6.45) is 10.2. The summed E-state index contributed by atoms with van der Waals surface area (Å²) in [5, 5.41) is 12.9. The molecule has 11 nitrogen and oxygen atoms in total. The molecule has 1 aliphatic rings. The molecule has 1 atom stereocenters. The van der Waals surface area contributed by atoms with Gasteiger partial charge >= 0.3 is 0 Å². The number of pyridine rings is 2. The maximum atomic E-state index is 13.8. The van der Waals surface area contributed by atoms with Crippen LogP contribution < -0.4 is 22.2 Å². The molecule has 262 valence electrons. The van der Waals surface area contributed by atoms with Gasteiger partial charge in [0.25, 0.3) is 5.91 Å². The van der Waals surface area contributed by atoms with E-state index >= 15 is 0 Å². The lowest BCUT2D eigenvalue weighted by Gasteiger charge is -2.23. The summed E-state index contributed by atoms with van der Waals surface area (Å²) in [7, 11) is 0. The van der Waals surface area contributed by atoms with Crippen molar-refractivity contribution >= 4 is 29.2 Å². The van der Waals surface area contributed by atoms with E-state index in [1.807, 2.05) is 60.2 Å². The van der Waals surface area contributed by atoms with Gasteiger partial charge in [0.1, 0.15) is 11.4 Å². The van der Waals surface area contributed by atoms with Gasteiger partial charge in [0.2, 0.25) is 5.43 Å². The topological polar surface area (TPSA) is 167 Å². The molecule has 11 heteroatoms. The quantitative estimate of drug-likeness (QED) is 0.133. The summed E-state index contributed by atoms with van der Waals surface area (Å²) < 4.78 is 12.7. The number of aliphatic hydroxyl groups excluding tert-OH is 1. The van der Waals surface area contributed by atoms with Crippen molar-refractivity contribution in [3.05, 3.63) is 106 Å². The van der Waals surface area contributed by atoms with Crippen molar-refractivity contribution < 1.29 is 19.4 Å². The number of allylic oxidation sites excluding steroid dienone is 1. The molecule has 0 aliphatic carbocycles. The van der Waals surface area contributed by atoms with E-state index in [1.54, 1.807) is 30.7 Å². The second-order valence-corrected chi connectivity index (χ2v) is 12.3. The fourth-order valence-corrected chi connectivity index (χ4v) is 5.84. The van der Waals surface area contributed by atoms with Crippen molar-refractivity contribution in [3.63, 3.8) is 0 Å². The molecule has 2 aromatic carbocycles. The number of carbonyl (C=O) groups excluding carboxylic acids is 1. The summed E-state index contributed by atoms with van der Waals surface area (Å²) in [5.41, 5.74) is 17.6. The molecule has 0 spiro atoms. The second kappa shape index (κ2) is 17.5. The number of anilines is 2. The number of nitrogen functional groups attached to an aromatic ring is 1. The van der Waals surface area contributed by atoms with Gasteiger partial charge in [-0.05, 0) is 67.0 Å². The van der Waals surface area contributed by atoms with E-state index < -0.39 is 12.0 Å². The van der Waals surface area contributed by atoms with Crippen LogP contribution in [0.1, 0.15) is 48.2 Å². The van der Waals surface area contributed by atoms with E-state index in [1.165, 1.54) is 11.8 Å². The van der Waals surface area contributed by atoms with Gasteiger partial charge in [-0.15, -0.1) is 0 Å². The van der Waals surface area contributed by atoms with Crippen molar-refractivity contribution in [2.24, 2.45) is 16.6 Å². The summed E-state index contributed by atoms with van der Waals surface area (Å²) >= 11 is 0. The number of amides is 1. The van der Waals surface area contributed by atoms with E-state index in [-0.39, 0.29) is 24.1 Å². The Bertz CT molecular complexity index is 1860. The van der Waals surface area contributed by atoms with Crippen molar-refractivity contribution in [2.45, 2.75) is 45.8 Å². The van der Waals surface area contributed by atoms with Crippen LogP contribution in [0.25, 0.3) is 27.8 Å². The Morgan fingerprint density at radius 3 is 2.48 bits per heavy atom. The third-order valence-electron chi connectivity index (χ3n) is 8.75. The van der Waals surface area contributed by atoms with Gasteiger partial charge in [0.05, 0.1) is 19.3 Å². The number of benzene rings is 2. The van der Waals surface area contributed by atoms with Gasteiger partial charge < -0.3 is 35.9 Å². The molecule has 0 radical (unpaired) electrons. The number of aliphatic hydroxyl groups is 1. The first-order valence-electron chi connectivity index (χ1n) is 17.1. The zero-order valence-electron chi connectivity index (χ0n) is 28.7. The molecule has 1 aliphatic heterocycles. The number of aromatic nitrogens is 2. The third kappa shape index (κ3) is 9.32. The van der Waals surface area contributed by atoms with Crippen LogP contribution in [0.4, 0.5) is 11.5 Å². The summed E-state index contributed by atoms with van der Waals surface area (Å²) in [6.45, 7) is 6.95. The first-order valence-corrected chi connectivity index (χ1v) is 17.1. The molecule has 1 fully saturated rings. The molecule has 5 rings (SSSR count).